The predicted octanol–water partition coefficient (Wildman–Crippen LogP) is 5.33. The zero-order valence-corrected chi connectivity index (χ0v) is 17.3. The molecule has 0 unspecified atom stereocenters. The lowest BCUT2D eigenvalue weighted by Crippen LogP contribution is -2.00. The Morgan fingerprint density at radius 1 is 0.897 bits per heavy atom. The number of rotatable bonds is 7. The van der Waals surface area contributed by atoms with Crippen molar-refractivity contribution in [2.24, 2.45) is 0 Å². The van der Waals surface area contributed by atoms with Crippen LogP contribution >= 0.6 is 11.8 Å². The summed E-state index contributed by atoms with van der Waals surface area (Å²) in [6.45, 7) is 4.72. The molecule has 0 fully saturated rings. The van der Waals surface area contributed by atoms with Crippen molar-refractivity contribution in [1.29, 1.82) is 0 Å². The largest absolute Gasteiger partial charge is 0.494 e. The van der Waals surface area contributed by atoms with Gasteiger partial charge in [0.05, 0.1) is 6.61 Å². The number of aromatic nitrogens is 4. The summed E-state index contributed by atoms with van der Waals surface area (Å²) in [5.41, 5.74) is 4.49. The van der Waals surface area contributed by atoms with E-state index >= 15 is 0 Å². The van der Waals surface area contributed by atoms with Gasteiger partial charge in [-0.3, -0.25) is 9.55 Å². The van der Waals surface area contributed by atoms with E-state index < -0.39 is 0 Å². The van der Waals surface area contributed by atoms with Gasteiger partial charge in [-0.15, -0.1) is 10.2 Å². The van der Waals surface area contributed by atoms with Crippen LogP contribution in [0, 0.1) is 6.92 Å². The van der Waals surface area contributed by atoms with Crippen molar-refractivity contribution in [1.82, 2.24) is 19.7 Å². The molecule has 2 aromatic carbocycles. The Balaban J connectivity index is 1.69. The Kier molecular flexibility index (Phi) is 5.91. The van der Waals surface area contributed by atoms with Crippen molar-refractivity contribution in [3.05, 3.63) is 84.2 Å². The summed E-state index contributed by atoms with van der Waals surface area (Å²) in [6, 6.07) is 20.5. The van der Waals surface area contributed by atoms with Gasteiger partial charge in [-0.1, -0.05) is 41.6 Å². The molecule has 0 atom stereocenters. The molecule has 2 heterocycles. The zero-order chi connectivity index (χ0) is 20.1. The number of benzene rings is 2. The number of nitrogens with zero attached hydrogens (tertiary/aromatic N) is 4. The molecule has 0 amide bonds. The topological polar surface area (TPSA) is 52.8 Å². The molecular weight excluding hydrogens is 380 g/mol. The van der Waals surface area contributed by atoms with Crippen molar-refractivity contribution in [2.75, 3.05) is 6.61 Å². The summed E-state index contributed by atoms with van der Waals surface area (Å²) in [7, 11) is 0. The van der Waals surface area contributed by atoms with Crippen molar-refractivity contribution in [2.45, 2.75) is 24.8 Å². The van der Waals surface area contributed by atoms with Gasteiger partial charge in [0.15, 0.2) is 11.0 Å². The van der Waals surface area contributed by atoms with Crippen LogP contribution in [-0.4, -0.2) is 26.4 Å². The van der Waals surface area contributed by atoms with Crippen LogP contribution in [0.4, 0.5) is 0 Å². The first-order valence-electron chi connectivity index (χ1n) is 9.52. The van der Waals surface area contributed by atoms with E-state index in [1.165, 1.54) is 11.1 Å². The fourth-order valence-electron chi connectivity index (χ4n) is 2.97. The SMILES string of the molecule is CCOc1ccc(-n2c(SCc3ccc(C)cc3)nnc2-c2ccncc2)cc1. The molecule has 4 rings (SSSR count). The predicted molar refractivity (Wildman–Crippen MR) is 116 cm³/mol. The molecule has 4 aromatic rings. The van der Waals surface area contributed by atoms with Crippen LogP contribution in [0.3, 0.4) is 0 Å². The van der Waals surface area contributed by atoms with Gasteiger partial charge in [0.1, 0.15) is 5.75 Å². The van der Waals surface area contributed by atoms with Gasteiger partial charge in [0.2, 0.25) is 0 Å². The average molecular weight is 403 g/mol. The highest BCUT2D eigenvalue weighted by Crippen LogP contribution is 2.30. The number of hydrogen-bond acceptors (Lipinski definition) is 5. The Morgan fingerprint density at radius 2 is 1.62 bits per heavy atom. The highest BCUT2D eigenvalue weighted by Gasteiger charge is 2.16. The third-order valence-electron chi connectivity index (χ3n) is 4.47. The van der Waals surface area contributed by atoms with Gasteiger partial charge < -0.3 is 4.74 Å². The van der Waals surface area contributed by atoms with Gasteiger partial charge >= 0.3 is 0 Å². The maximum atomic E-state index is 5.58. The standard InChI is InChI=1S/C23H22N4OS/c1-3-28-21-10-8-20(9-11-21)27-22(19-12-14-24-15-13-19)25-26-23(27)29-16-18-6-4-17(2)5-7-18/h4-15H,3,16H2,1-2H3. The molecule has 0 saturated heterocycles. The molecule has 5 nitrogen and oxygen atoms in total. The molecule has 2 aromatic heterocycles. The number of aryl methyl sites for hydroxylation is 1. The summed E-state index contributed by atoms with van der Waals surface area (Å²) in [5.74, 6) is 2.47. The van der Waals surface area contributed by atoms with Crippen LogP contribution in [0.25, 0.3) is 17.1 Å². The Hall–Kier alpha value is -3.12. The maximum absolute atomic E-state index is 5.58. The third-order valence-corrected chi connectivity index (χ3v) is 5.47. The second-order valence-corrected chi connectivity index (χ2v) is 7.52. The number of thioether (sulfide) groups is 1. The molecule has 0 radical (unpaired) electrons. The highest BCUT2D eigenvalue weighted by atomic mass is 32.2. The van der Waals surface area contributed by atoms with E-state index in [0.717, 1.165) is 33.7 Å². The summed E-state index contributed by atoms with van der Waals surface area (Å²) >= 11 is 1.67. The van der Waals surface area contributed by atoms with E-state index in [0.29, 0.717) is 6.61 Å². The van der Waals surface area contributed by atoms with E-state index in [9.17, 15) is 0 Å². The summed E-state index contributed by atoms with van der Waals surface area (Å²) in [5, 5.41) is 9.81. The molecule has 0 N–H and O–H groups in total. The molecule has 0 aliphatic heterocycles. The smallest absolute Gasteiger partial charge is 0.196 e. The number of hydrogen-bond donors (Lipinski definition) is 0. The molecule has 0 aliphatic rings. The lowest BCUT2D eigenvalue weighted by molar-refractivity contribution is 0.340. The molecule has 0 bridgehead atoms. The van der Waals surface area contributed by atoms with Crippen molar-refractivity contribution in [3.8, 4) is 22.8 Å². The Bertz CT molecular complexity index is 1060. The fraction of sp³-hybridized carbons (Fsp3) is 0.174. The first-order chi connectivity index (χ1) is 14.2. The minimum atomic E-state index is 0.645. The minimum Gasteiger partial charge on any atom is -0.494 e. The molecule has 0 spiro atoms. The van der Waals surface area contributed by atoms with Gasteiger partial charge in [-0.05, 0) is 55.8 Å². The van der Waals surface area contributed by atoms with Gasteiger partial charge in [0.25, 0.3) is 0 Å². The van der Waals surface area contributed by atoms with Crippen LogP contribution in [0.1, 0.15) is 18.1 Å². The van der Waals surface area contributed by atoms with Crippen LogP contribution in [0.5, 0.6) is 5.75 Å². The number of ether oxygens (including phenoxy) is 1. The van der Waals surface area contributed by atoms with Crippen LogP contribution in [0.2, 0.25) is 0 Å². The first kappa shape index (κ1) is 19.2. The summed E-state index contributed by atoms with van der Waals surface area (Å²) < 4.78 is 7.67. The monoisotopic (exact) mass is 402 g/mol. The molecule has 146 valence electrons. The van der Waals surface area contributed by atoms with Gasteiger partial charge in [0, 0.05) is 29.4 Å². The summed E-state index contributed by atoms with van der Waals surface area (Å²) in [4.78, 5) is 4.12. The fourth-order valence-corrected chi connectivity index (χ4v) is 3.88. The zero-order valence-electron chi connectivity index (χ0n) is 16.4. The Morgan fingerprint density at radius 3 is 2.31 bits per heavy atom. The molecular formula is C23H22N4OS. The number of pyridine rings is 1. The molecule has 29 heavy (non-hydrogen) atoms. The normalized spacial score (nSPS) is 10.8. The van der Waals surface area contributed by atoms with Gasteiger partial charge in [-0.25, -0.2) is 0 Å². The molecule has 0 saturated carbocycles. The molecule has 0 aliphatic carbocycles. The van der Waals surface area contributed by atoms with Crippen LogP contribution < -0.4 is 4.74 Å². The lowest BCUT2D eigenvalue weighted by Gasteiger charge is -2.11. The van der Waals surface area contributed by atoms with Gasteiger partial charge in [-0.2, -0.15) is 0 Å². The van der Waals surface area contributed by atoms with Crippen molar-refractivity contribution < 1.29 is 4.74 Å². The summed E-state index contributed by atoms with van der Waals surface area (Å²) in [6.07, 6.45) is 3.54. The molecule has 6 heteroatoms. The van der Waals surface area contributed by atoms with Crippen LogP contribution in [-0.2, 0) is 5.75 Å². The van der Waals surface area contributed by atoms with E-state index in [2.05, 4.69) is 50.9 Å². The lowest BCUT2D eigenvalue weighted by atomic mass is 10.2. The average Bonchev–Trinajstić information content (AvgIpc) is 3.19. The van der Waals surface area contributed by atoms with Crippen molar-refractivity contribution >= 4 is 11.8 Å². The van der Waals surface area contributed by atoms with E-state index in [1.807, 2.05) is 43.3 Å². The third kappa shape index (κ3) is 4.49. The highest BCUT2D eigenvalue weighted by molar-refractivity contribution is 7.98. The second-order valence-electron chi connectivity index (χ2n) is 6.58. The van der Waals surface area contributed by atoms with E-state index in [1.54, 1.807) is 24.2 Å². The van der Waals surface area contributed by atoms with E-state index in [-0.39, 0.29) is 0 Å². The second kappa shape index (κ2) is 8.92. The Labute approximate surface area is 174 Å². The quantitative estimate of drug-likeness (QED) is 0.391. The minimum absolute atomic E-state index is 0.645. The van der Waals surface area contributed by atoms with Crippen molar-refractivity contribution in [3.63, 3.8) is 0 Å². The maximum Gasteiger partial charge on any atom is 0.196 e. The van der Waals surface area contributed by atoms with Crippen LogP contribution in [0.15, 0.2) is 78.2 Å². The van der Waals surface area contributed by atoms with E-state index in [4.69, 9.17) is 4.74 Å². The first-order valence-corrected chi connectivity index (χ1v) is 10.5.